The number of carbonyl (C=O) groups is 3. The second-order valence-corrected chi connectivity index (χ2v) is 7.88. The van der Waals surface area contributed by atoms with Crippen molar-refractivity contribution in [1.82, 2.24) is 0 Å². The lowest BCUT2D eigenvalue weighted by molar-refractivity contribution is -0.385. The van der Waals surface area contributed by atoms with Crippen LogP contribution in [0.4, 0.5) is 15.8 Å². The molecule has 1 fully saturated rings. The zero-order valence-electron chi connectivity index (χ0n) is 17.6. The predicted octanol–water partition coefficient (Wildman–Crippen LogP) is 4.55. The van der Waals surface area contributed by atoms with Crippen molar-refractivity contribution < 1.29 is 28.4 Å². The number of amides is 1. The summed E-state index contributed by atoms with van der Waals surface area (Å²) in [5, 5.41) is 11.3. The van der Waals surface area contributed by atoms with E-state index in [0.717, 1.165) is 17.0 Å². The second kappa shape index (κ2) is 9.03. The van der Waals surface area contributed by atoms with Crippen LogP contribution >= 0.6 is 11.6 Å². The van der Waals surface area contributed by atoms with Crippen LogP contribution in [0.15, 0.2) is 66.7 Å². The van der Waals surface area contributed by atoms with Crippen LogP contribution in [0.5, 0.6) is 5.75 Å². The van der Waals surface area contributed by atoms with Crippen molar-refractivity contribution in [3.8, 4) is 5.75 Å². The van der Waals surface area contributed by atoms with Gasteiger partial charge in [0.1, 0.15) is 17.5 Å². The average Bonchev–Trinajstić information content (AvgIpc) is 3.10. The van der Waals surface area contributed by atoms with E-state index in [1.165, 1.54) is 49.6 Å². The molecule has 0 aliphatic carbocycles. The molecule has 1 aliphatic heterocycles. The van der Waals surface area contributed by atoms with Crippen LogP contribution in [-0.4, -0.2) is 29.5 Å². The monoisotopic (exact) mass is 482 g/mol. The lowest BCUT2D eigenvalue weighted by Gasteiger charge is -2.27. The van der Waals surface area contributed by atoms with Gasteiger partial charge in [0.25, 0.3) is 11.6 Å². The van der Waals surface area contributed by atoms with E-state index in [2.05, 4.69) is 0 Å². The number of nitro benzene ring substituents is 1. The van der Waals surface area contributed by atoms with Gasteiger partial charge in [-0.25, -0.2) is 4.39 Å². The summed E-state index contributed by atoms with van der Waals surface area (Å²) in [6.07, 6.45) is 0. The van der Waals surface area contributed by atoms with Crippen molar-refractivity contribution in [3.05, 3.63) is 98.8 Å². The van der Waals surface area contributed by atoms with Crippen molar-refractivity contribution in [2.45, 2.75) is 6.04 Å². The van der Waals surface area contributed by atoms with Gasteiger partial charge in [-0.3, -0.25) is 29.4 Å². The Morgan fingerprint density at radius 1 is 1.09 bits per heavy atom. The van der Waals surface area contributed by atoms with Gasteiger partial charge >= 0.3 is 0 Å². The zero-order valence-corrected chi connectivity index (χ0v) is 18.4. The number of ketones is 2. The van der Waals surface area contributed by atoms with E-state index in [0.29, 0.717) is 5.75 Å². The molecular formula is C24H16ClFN2O6. The van der Waals surface area contributed by atoms with Crippen LogP contribution in [0.1, 0.15) is 22.0 Å². The summed E-state index contributed by atoms with van der Waals surface area (Å²) in [5.74, 6) is -4.93. The molecule has 0 spiro atoms. The molecule has 10 heteroatoms. The molecule has 8 nitrogen and oxygen atoms in total. The molecule has 0 aromatic heterocycles. The summed E-state index contributed by atoms with van der Waals surface area (Å²) in [7, 11) is 1.46. The van der Waals surface area contributed by atoms with Crippen LogP contribution in [0, 0.1) is 21.8 Å². The Balaban J connectivity index is 1.89. The van der Waals surface area contributed by atoms with Gasteiger partial charge in [0, 0.05) is 11.8 Å². The van der Waals surface area contributed by atoms with Gasteiger partial charge in [0.15, 0.2) is 5.78 Å². The number of nitro groups is 1. The minimum Gasteiger partial charge on any atom is -0.497 e. The Hall–Kier alpha value is -4.11. The average molecular weight is 483 g/mol. The number of hydrogen-bond donors (Lipinski definition) is 0. The number of Topliss-reactive ketones (excluding diaryl/α,β-unsaturated/α-hetero) is 2. The molecule has 4 rings (SSSR count). The van der Waals surface area contributed by atoms with E-state index < -0.39 is 45.9 Å². The molecule has 2 unspecified atom stereocenters. The highest BCUT2D eigenvalue weighted by Gasteiger charge is 2.53. The van der Waals surface area contributed by atoms with Crippen LogP contribution in [0.3, 0.4) is 0 Å². The van der Waals surface area contributed by atoms with Crippen LogP contribution in [-0.2, 0) is 9.59 Å². The molecule has 1 heterocycles. The van der Waals surface area contributed by atoms with E-state index in [-0.39, 0.29) is 21.8 Å². The first-order valence-corrected chi connectivity index (χ1v) is 10.4. The third-order valence-electron chi connectivity index (χ3n) is 5.59. The number of nitrogens with zero attached hydrogens (tertiary/aromatic N) is 2. The number of ether oxygens (including phenoxy) is 1. The number of methoxy groups -OCH3 is 1. The first-order valence-electron chi connectivity index (χ1n) is 9.98. The van der Waals surface area contributed by atoms with E-state index in [4.69, 9.17) is 16.3 Å². The molecule has 1 saturated heterocycles. The molecule has 1 aliphatic rings. The van der Waals surface area contributed by atoms with Gasteiger partial charge < -0.3 is 4.74 Å². The largest absolute Gasteiger partial charge is 0.497 e. The molecule has 2 atom stereocenters. The number of anilines is 1. The summed E-state index contributed by atoms with van der Waals surface area (Å²) in [6.45, 7) is 0. The predicted molar refractivity (Wildman–Crippen MR) is 121 cm³/mol. The van der Waals surface area contributed by atoms with Crippen LogP contribution in [0.2, 0.25) is 5.02 Å². The maximum atomic E-state index is 14.4. The van der Waals surface area contributed by atoms with Crippen molar-refractivity contribution in [1.29, 1.82) is 0 Å². The van der Waals surface area contributed by atoms with Crippen LogP contribution in [0.25, 0.3) is 0 Å². The van der Waals surface area contributed by atoms with E-state index >= 15 is 0 Å². The van der Waals surface area contributed by atoms with Gasteiger partial charge in [0.05, 0.1) is 28.7 Å². The third kappa shape index (κ3) is 3.90. The fourth-order valence-corrected chi connectivity index (χ4v) is 4.12. The Morgan fingerprint density at radius 3 is 2.38 bits per heavy atom. The Kier molecular flexibility index (Phi) is 6.12. The zero-order chi connectivity index (χ0) is 24.6. The highest BCUT2D eigenvalue weighted by molar-refractivity contribution is 6.49. The maximum Gasteiger partial charge on any atom is 0.295 e. The maximum absolute atomic E-state index is 14.4. The number of rotatable bonds is 6. The lowest BCUT2D eigenvalue weighted by atomic mass is 9.85. The highest BCUT2D eigenvalue weighted by Crippen LogP contribution is 2.43. The number of hydrogen-bond acceptors (Lipinski definition) is 6. The first kappa shape index (κ1) is 23.1. The van der Waals surface area contributed by atoms with Crippen LogP contribution < -0.4 is 9.64 Å². The van der Waals surface area contributed by atoms with E-state index in [1.54, 1.807) is 12.1 Å². The number of carbonyl (C=O) groups excluding carboxylic acids is 3. The van der Waals surface area contributed by atoms with E-state index in [9.17, 15) is 28.9 Å². The molecule has 172 valence electrons. The Labute approximate surface area is 197 Å². The number of benzene rings is 3. The topological polar surface area (TPSA) is 107 Å². The first-order chi connectivity index (χ1) is 16.2. The summed E-state index contributed by atoms with van der Waals surface area (Å²) in [5.41, 5.74) is -0.433. The smallest absolute Gasteiger partial charge is 0.295 e. The molecule has 3 aromatic carbocycles. The summed E-state index contributed by atoms with van der Waals surface area (Å²) < 4.78 is 19.5. The van der Waals surface area contributed by atoms with Crippen molar-refractivity contribution in [3.63, 3.8) is 0 Å². The second-order valence-electron chi connectivity index (χ2n) is 7.47. The minimum absolute atomic E-state index is 0.133. The third-order valence-corrected chi connectivity index (χ3v) is 5.90. The standard InChI is InChI=1S/C24H16ClFN2O6/c1-34-15-9-7-14(8-10-15)27-21(13-6-11-17(25)18(26)12-13)20(23(30)24(27)31)22(29)16-4-2-3-5-19(16)28(32)33/h2-12,20-21H,1H3. The number of para-hydroxylation sites is 1. The van der Waals surface area contributed by atoms with Crippen molar-refractivity contribution in [2.75, 3.05) is 12.0 Å². The van der Waals surface area contributed by atoms with Crippen molar-refractivity contribution in [2.24, 2.45) is 5.92 Å². The molecule has 3 aromatic rings. The molecule has 0 radical (unpaired) electrons. The van der Waals surface area contributed by atoms with E-state index in [1.807, 2.05) is 0 Å². The minimum atomic E-state index is -1.64. The summed E-state index contributed by atoms with van der Waals surface area (Å²) >= 11 is 5.80. The molecular weight excluding hydrogens is 467 g/mol. The quantitative estimate of drug-likeness (QED) is 0.168. The van der Waals surface area contributed by atoms with Gasteiger partial charge in [0.2, 0.25) is 5.78 Å². The van der Waals surface area contributed by atoms with Gasteiger partial charge in [-0.15, -0.1) is 0 Å². The van der Waals surface area contributed by atoms with Gasteiger partial charge in [-0.1, -0.05) is 29.8 Å². The molecule has 34 heavy (non-hydrogen) atoms. The summed E-state index contributed by atoms with van der Waals surface area (Å²) in [6, 6.07) is 13.7. The highest BCUT2D eigenvalue weighted by atomic mass is 35.5. The molecule has 0 N–H and O–H groups in total. The van der Waals surface area contributed by atoms with Gasteiger partial charge in [-0.2, -0.15) is 0 Å². The molecule has 1 amide bonds. The SMILES string of the molecule is COc1ccc(N2C(=O)C(=O)C(C(=O)c3ccccc3[N+](=O)[O-])C2c2ccc(Cl)c(F)c2)cc1. The fourth-order valence-electron chi connectivity index (χ4n) is 4.00. The lowest BCUT2D eigenvalue weighted by Crippen LogP contribution is -2.30. The Morgan fingerprint density at radius 2 is 1.76 bits per heavy atom. The normalized spacial score (nSPS) is 17.7. The Bertz CT molecular complexity index is 1330. The fraction of sp³-hybridized carbons (Fsp3) is 0.125. The number of halogens is 2. The molecule has 0 bridgehead atoms. The van der Waals surface area contributed by atoms with Crippen molar-refractivity contribution >= 4 is 40.4 Å². The summed E-state index contributed by atoms with van der Waals surface area (Å²) in [4.78, 5) is 51.5. The molecule has 0 saturated carbocycles. The van der Waals surface area contributed by atoms with Gasteiger partial charge in [-0.05, 0) is 48.0 Å².